The fourth-order valence-electron chi connectivity index (χ4n) is 7.69. The average Bonchev–Trinajstić information content (AvgIpc) is 3.43. The van der Waals surface area contributed by atoms with Crippen molar-refractivity contribution in [3.05, 3.63) is 175 Å². The van der Waals surface area contributed by atoms with Crippen LogP contribution >= 0.6 is 0 Å². The maximum atomic E-state index is 15.3. The molecular formula is C56H53N7O7. The minimum Gasteiger partial charge on any atom is -0.377 e. The molecule has 14 heteroatoms. The normalized spacial score (nSPS) is 15.4. The van der Waals surface area contributed by atoms with E-state index in [4.69, 9.17) is 58.3 Å². The second kappa shape index (κ2) is 24.2. The van der Waals surface area contributed by atoms with Crippen LogP contribution in [0.2, 0.25) is 0 Å². The van der Waals surface area contributed by atoms with Crippen LogP contribution in [0.25, 0.3) is 68.3 Å². The van der Waals surface area contributed by atoms with Crippen LogP contribution < -0.4 is 5.32 Å². The number of Topliss-reactive ketones (excluding diaryl/α,β-unsaturated/α-hetero) is 1. The highest BCUT2D eigenvalue weighted by Crippen LogP contribution is 2.30. The second-order valence-electron chi connectivity index (χ2n) is 16.3. The summed E-state index contributed by atoms with van der Waals surface area (Å²) in [5, 5.41) is 3.56. The summed E-state index contributed by atoms with van der Waals surface area (Å²) in [5.74, 6) is 2.92. The lowest BCUT2D eigenvalue weighted by Gasteiger charge is -2.34. The fourth-order valence-corrected chi connectivity index (χ4v) is 7.69. The van der Waals surface area contributed by atoms with Crippen LogP contribution in [-0.4, -0.2) is 121 Å². The number of carbonyl (C=O) groups is 1. The molecule has 0 atom stereocenters. The maximum absolute atomic E-state index is 15.3. The second-order valence-corrected chi connectivity index (χ2v) is 16.3. The Hall–Kier alpha value is -7.43. The van der Waals surface area contributed by atoms with Gasteiger partial charge in [-0.25, -0.2) is 29.9 Å². The molecule has 70 heavy (non-hydrogen) atoms. The Morgan fingerprint density at radius 2 is 0.586 bits per heavy atom. The molecule has 1 aliphatic heterocycles. The molecule has 1 saturated heterocycles. The zero-order valence-electron chi connectivity index (χ0n) is 38.7. The van der Waals surface area contributed by atoms with Crippen LogP contribution in [0.3, 0.4) is 0 Å². The van der Waals surface area contributed by atoms with Crippen LogP contribution in [-0.2, 0) is 28.4 Å². The van der Waals surface area contributed by atoms with E-state index in [1.54, 1.807) is 12.1 Å². The SMILES string of the molecule is O=C(c1ccc(-c2nc(-c3ccccc3)nc(-c3ccccc3)n2)cc1)C1(Nc2ccc(-c3nc(-c4ccccc4)nc(-c4ccccc4)n3)cc2)COCCOCCOCCOCCOCCOC1. The van der Waals surface area contributed by atoms with Gasteiger partial charge in [0.1, 0.15) is 5.54 Å². The van der Waals surface area contributed by atoms with Gasteiger partial charge in [0, 0.05) is 44.6 Å². The van der Waals surface area contributed by atoms with Crippen molar-refractivity contribution in [2.75, 3.05) is 84.6 Å². The number of nitrogens with zero attached hydrogens (tertiary/aromatic N) is 6. The van der Waals surface area contributed by atoms with Gasteiger partial charge in [0.2, 0.25) is 0 Å². The third kappa shape index (κ3) is 12.6. The van der Waals surface area contributed by atoms with Gasteiger partial charge >= 0.3 is 0 Å². The first-order valence-corrected chi connectivity index (χ1v) is 23.3. The first kappa shape index (κ1) is 47.6. The van der Waals surface area contributed by atoms with E-state index in [1.807, 2.05) is 158 Å². The molecule has 1 N–H and O–H groups in total. The van der Waals surface area contributed by atoms with Gasteiger partial charge in [0.05, 0.1) is 79.3 Å². The van der Waals surface area contributed by atoms with Gasteiger partial charge in [0.15, 0.2) is 40.7 Å². The molecule has 0 unspecified atom stereocenters. The summed E-state index contributed by atoms with van der Waals surface area (Å²) >= 11 is 0. The van der Waals surface area contributed by atoms with E-state index in [1.165, 1.54) is 0 Å². The first-order chi connectivity index (χ1) is 34.6. The molecule has 0 amide bonds. The Morgan fingerprint density at radius 3 is 0.886 bits per heavy atom. The predicted molar refractivity (Wildman–Crippen MR) is 268 cm³/mol. The highest BCUT2D eigenvalue weighted by Gasteiger charge is 2.40. The molecule has 8 aromatic rings. The molecular weight excluding hydrogens is 883 g/mol. The molecule has 0 spiro atoms. The molecule has 9 rings (SSSR count). The smallest absolute Gasteiger partial charge is 0.192 e. The average molecular weight is 936 g/mol. The van der Waals surface area contributed by atoms with Gasteiger partial charge in [-0.1, -0.05) is 146 Å². The van der Waals surface area contributed by atoms with Gasteiger partial charge < -0.3 is 33.7 Å². The maximum Gasteiger partial charge on any atom is 0.192 e. The molecule has 0 saturated carbocycles. The number of carbonyl (C=O) groups excluding carboxylic acids is 1. The van der Waals surface area contributed by atoms with E-state index < -0.39 is 5.54 Å². The summed E-state index contributed by atoms with van der Waals surface area (Å²) in [4.78, 5) is 44.5. The molecule has 1 aliphatic rings. The Kier molecular flexibility index (Phi) is 16.5. The highest BCUT2D eigenvalue weighted by molar-refractivity contribution is 6.05. The highest BCUT2D eigenvalue weighted by atomic mass is 16.6. The van der Waals surface area contributed by atoms with Crippen molar-refractivity contribution >= 4 is 11.5 Å². The number of hydrogen-bond acceptors (Lipinski definition) is 14. The summed E-state index contributed by atoms with van der Waals surface area (Å²) in [5.41, 5.74) is 4.59. The Labute approximate surface area is 407 Å². The number of ether oxygens (including phenoxy) is 6. The van der Waals surface area contributed by atoms with Gasteiger partial charge in [-0.3, -0.25) is 4.79 Å². The minimum absolute atomic E-state index is 0.0490. The van der Waals surface area contributed by atoms with Crippen LogP contribution in [0.5, 0.6) is 0 Å². The lowest BCUT2D eigenvalue weighted by molar-refractivity contribution is -0.0122. The molecule has 0 radical (unpaired) electrons. The number of ketones is 1. The Morgan fingerprint density at radius 1 is 0.329 bits per heavy atom. The van der Waals surface area contributed by atoms with E-state index in [2.05, 4.69) is 5.32 Å². The third-order valence-electron chi connectivity index (χ3n) is 11.3. The number of benzene rings is 6. The number of anilines is 1. The summed E-state index contributed by atoms with van der Waals surface area (Å²) in [6.07, 6.45) is 0. The van der Waals surface area contributed by atoms with Crippen molar-refractivity contribution in [1.82, 2.24) is 29.9 Å². The van der Waals surface area contributed by atoms with Crippen molar-refractivity contribution < 1.29 is 33.2 Å². The molecule has 0 aliphatic carbocycles. The summed E-state index contributed by atoms with van der Waals surface area (Å²) in [6.45, 7) is 3.47. The minimum atomic E-state index is -1.42. The van der Waals surface area contributed by atoms with Gasteiger partial charge in [0.25, 0.3) is 0 Å². The molecule has 14 nitrogen and oxygen atoms in total. The lowest BCUT2D eigenvalue weighted by atomic mass is 9.89. The van der Waals surface area contributed by atoms with Gasteiger partial charge in [-0.2, -0.15) is 0 Å². The molecule has 3 heterocycles. The largest absolute Gasteiger partial charge is 0.377 e. The van der Waals surface area contributed by atoms with E-state index in [0.29, 0.717) is 105 Å². The van der Waals surface area contributed by atoms with Crippen LogP contribution in [0.4, 0.5) is 5.69 Å². The predicted octanol–water partition coefficient (Wildman–Crippen LogP) is 9.21. The number of rotatable bonds is 10. The lowest BCUT2D eigenvalue weighted by Crippen LogP contribution is -2.54. The first-order valence-electron chi connectivity index (χ1n) is 23.3. The van der Waals surface area contributed by atoms with Gasteiger partial charge in [-0.15, -0.1) is 0 Å². The van der Waals surface area contributed by atoms with Crippen LogP contribution in [0.15, 0.2) is 170 Å². The molecule has 6 aromatic carbocycles. The Bertz CT molecular complexity index is 2750. The van der Waals surface area contributed by atoms with E-state index in [-0.39, 0.29) is 32.2 Å². The number of nitrogens with one attached hydrogen (secondary N) is 1. The van der Waals surface area contributed by atoms with E-state index in [0.717, 1.165) is 27.8 Å². The van der Waals surface area contributed by atoms with Crippen molar-refractivity contribution in [3.63, 3.8) is 0 Å². The molecule has 2 aromatic heterocycles. The van der Waals surface area contributed by atoms with Crippen molar-refractivity contribution in [2.24, 2.45) is 0 Å². The standard InChI is InChI=1S/C56H53N7O7/c64-49(41-21-23-46(24-22-41)54-59-50(42-13-5-1-6-14-42)57-51(60-54)43-15-7-2-8-16-43)56(39-69-37-35-67-33-31-65-29-30-66-32-34-68-36-38-70-40-56)63-48-27-25-47(26-28-48)55-61-52(44-17-9-3-10-18-44)58-53(62-55)45-19-11-4-12-20-45/h1-28,63H,29-40H2. The number of aromatic nitrogens is 6. The van der Waals surface area contributed by atoms with Crippen molar-refractivity contribution in [1.29, 1.82) is 0 Å². The summed E-state index contributed by atoms with van der Waals surface area (Å²) in [6, 6.07) is 54.2. The summed E-state index contributed by atoms with van der Waals surface area (Å²) in [7, 11) is 0. The fraction of sp³-hybridized carbons (Fsp3) is 0.232. The Balaban J connectivity index is 1.04. The van der Waals surface area contributed by atoms with E-state index >= 15 is 4.79 Å². The number of hydrogen-bond donors (Lipinski definition) is 1. The van der Waals surface area contributed by atoms with Crippen molar-refractivity contribution in [3.8, 4) is 68.3 Å². The van der Waals surface area contributed by atoms with Crippen molar-refractivity contribution in [2.45, 2.75) is 5.54 Å². The topological polar surface area (TPSA) is 162 Å². The molecule has 354 valence electrons. The van der Waals surface area contributed by atoms with Crippen LogP contribution in [0, 0.1) is 0 Å². The zero-order valence-corrected chi connectivity index (χ0v) is 38.7. The monoisotopic (exact) mass is 935 g/mol. The van der Waals surface area contributed by atoms with Gasteiger partial charge in [-0.05, 0) is 24.3 Å². The van der Waals surface area contributed by atoms with Crippen LogP contribution in [0.1, 0.15) is 10.4 Å². The molecule has 0 bridgehead atoms. The quantitative estimate of drug-likeness (QED) is 0.129. The van der Waals surface area contributed by atoms with E-state index in [9.17, 15) is 0 Å². The third-order valence-corrected chi connectivity index (χ3v) is 11.3. The zero-order chi connectivity index (χ0) is 47.6. The summed E-state index contributed by atoms with van der Waals surface area (Å²) < 4.78 is 35.5. The molecule has 1 fully saturated rings.